The molecule has 0 amide bonds. The van der Waals surface area contributed by atoms with E-state index in [1.54, 1.807) is 0 Å². The highest BCUT2D eigenvalue weighted by molar-refractivity contribution is 6.24. The third-order valence-corrected chi connectivity index (χ3v) is 10.5. The fourth-order valence-corrected chi connectivity index (χ4v) is 8.08. The summed E-state index contributed by atoms with van der Waals surface area (Å²) < 4.78 is 0. The van der Waals surface area contributed by atoms with Crippen molar-refractivity contribution in [2.45, 2.75) is 19.3 Å². The van der Waals surface area contributed by atoms with Crippen molar-refractivity contribution in [3.05, 3.63) is 163 Å². The molecule has 1 aliphatic carbocycles. The normalized spacial score (nSPS) is 13.3. The van der Waals surface area contributed by atoms with Gasteiger partial charge in [-0.05, 0) is 66.0 Å². The third kappa shape index (κ3) is 4.19. The van der Waals surface area contributed by atoms with E-state index in [4.69, 9.17) is 15.0 Å². The minimum atomic E-state index is -0.0651. The highest BCUT2D eigenvalue weighted by atomic mass is 15.0. The van der Waals surface area contributed by atoms with Gasteiger partial charge in [0.05, 0.1) is 0 Å². The van der Waals surface area contributed by atoms with Crippen molar-refractivity contribution in [1.82, 2.24) is 15.0 Å². The molecule has 0 aliphatic heterocycles. The lowest BCUT2D eigenvalue weighted by atomic mass is 9.82. The Bertz CT molecular complexity index is 2800. The summed E-state index contributed by atoms with van der Waals surface area (Å²) in [4.78, 5) is 15.5. The first-order chi connectivity index (χ1) is 24.0. The number of rotatable bonds is 3. The molecule has 8 aromatic carbocycles. The van der Waals surface area contributed by atoms with Gasteiger partial charge >= 0.3 is 0 Å². The van der Waals surface area contributed by atoms with Crippen molar-refractivity contribution in [3.63, 3.8) is 0 Å². The predicted molar refractivity (Wildman–Crippen MR) is 204 cm³/mol. The molecule has 9 aromatic rings. The molecule has 1 aliphatic rings. The van der Waals surface area contributed by atoms with Gasteiger partial charge in [-0.25, -0.2) is 15.0 Å². The van der Waals surface area contributed by atoms with Crippen molar-refractivity contribution < 1.29 is 0 Å². The standard InChI is InChI=1S/C46H31N3/c1-46(2)40-18-9-8-16-36(40)39-27-31(21-26-41(39)46)44-47-43(30-12-4-3-5-13-30)48-45(49-44)38-17-10-14-29-20-23-35-34-22-19-28-11-6-7-15-32(28)33(34)24-25-37(35)42(29)38/h3-27H,1-2H3. The van der Waals surface area contributed by atoms with E-state index in [0.717, 1.165) is 27.5 Å². The van der Waals surface area contributed by atoms with Crippen LogP contribution in [-0.4, -0.2) is 15.0 Å². The fourth-order valence-electron chi connectivity index (χ4n) is 8.08. The van der Waals surface area contributed by atoms with Crippen molar-refractivity contribution in [2.24, 2.45) is 0 Å². The number of benzene rings is 8. The lowest BCUT2D eigenvalue weighted by Crippen LogP contribution is -2.14. The van der Waals surface area contributed by atoms with Crippen LogP contribution in [0.15, 0.2) is 152 Å². The Hall–Kier alpha value is -6.19. The zero-order valence-electron chi connectivity index (χ0n) is 27.3. The first-order valence-electron chi connectivity index (χ1n) is 16.9. The maximum atomic E-state index is 5.26. The minimum Gasteiger partial charge on any atom is -0.208 e. The number of aromatic nitrogens is 3. The third-order valence-electron chi connectivity index (χ3n) is 10.5. The second-order valence-electron chi connectivity index (χ2n) is 13.6. The molecule has 3 nitrogen and oxygen atoms in total. The van der Waals surface area contributed by atoms with Gasteiger partial charge < -0.3 is 0 Å². The van der Waals surface area contributed by atoms with Crippen LogP contribution in [-0.2, 0) is 5.41 Å². The molecule has 0 fully saturated rings. The van der Waals surface area contributed by atoms with Gasteiger partial charge in [0.2, 0.25) is 0 Å². The van der Waals surface area contributed by atoms with Crippen LogP contribution in [0.3, 0.4) is 0 Å². The van der Waals surface area contributed by atoms with Crippen molar-refractivity contribution in [1.29, 1.82) is 0 Å². The molecular formula is C46H31N3. The average molecular weight is 626 g/mol. The molecule has 1 aromatic heterocycles. The maximum absolute atomic E-state index is 5.26. The summed E-state index contributed by atoms with van der Waals surface area (Å²) in [5, 5.41) is 9.75. The van der Waals surface area contributed by atoms with Gasteiger partial charge in [0.15, 0.2) is 17.5 Å². The Morgan fingerprint density at radius 3 is 1.84 bits per heavy atom. The van der Waals surface area contributed by atoms with Gasteiger partial charge in [0, 0.05) is 27.5 Å². The molecule has 10 rings (SSSR count). The predicted octanol–water partition coefficient (Wildman–Crippen LogP) is 11.8. The molecule has 3 heteroatoms. The van der Waals surface area contributed by atoms with Crippen LogP contribution in [0.2, 0.25) is 0 Å². The lowest BCUT2D eigenvalue weighted by molar-refractivity contribution is 0.660. The van der Waals surface area contributed by atoms with Gasteiger partial charge in [-0.15, -0.1) is 0 Å². The SMILES string of the molecule is CC1(C)c2ccccc2-c2cc(-c3nc(-c4ccccc4)nc(-c4cccc5ccc6c7ccc8ccccc8c7ccc6c45)n3)ccc21. The molecule has 0 atom stereocenters. The molecule has 0 unspecified atom stereocenters. The van der Waals surface area contributed by atoms with Gasteiger partial charge in [-0.1, -0.05) is 159 Å². The van der Waals surface area contributed by atoms with Crippen LogP contribution in [0.25, 0.3) is 88.4 Å². The van der Waals surface area contributed by atoms with Crippen molar-refractivity contribution >= 4 is 43.1 Å². The summed E-state index contributed by atoms with van der Waals surface area (Å²) in [6.45, 7) is 4.62. The average Bonchev–Trinajstić information content (AvgIpc) is 3.39. The molecule has 0 radical (unpaired) electrons. The zero-order chi connectivity index (χ0) is 32.7. The van der Waals surface area contributed by atoms with E-state index in [9.17, 15) is 0 Å². The first-order valence-corrected chi connectivity index (χ1v) is 16.9. The van der Waals surface area contributed by atoms with E-state index in [-0.39, 0.29) is 5.41 Å². The minimum absolute atomic E-state index is 0.0651. The summed E-state index contributed by atoms with van der Waals surface area (Å²) in [6.07, 6.45) is 0. The first kappa shape index (κ1) is 27.9. The lowest BCUT2D eigenvalue weighted by Gasteiger charge is -2.21. The molecule has 230 valence electrons. The van der Waals surface area contributed by atoms with Gasteiger partial charge in [-0.2, -0.15) is 0 Å². The quantitative estimate of drug-likeness (QED) is 0.183. The summed E-state index contributed by atoms with van der Waals surface area (Å²) in [7, 11) is 0. The van der Waals surface area contributed by atoms with Gasteiger partial charge in [-0.3, -0.25) is 0 Å². The van der Waals surface area contributed by atoms with E-state index in [0.29, 0.717) is 17.5 Å². The van der Waals surface area contributed by atoms with E-state index in [1.165, 1.54) is 54.6 Å². The molecule has 0 saturated heterocycles. The summed E-state index contributed by atoms with van der Waals surface area (Å²) in [5.74, 6) is 2.00. The van der Waals surface area contributed by atoms with Crippen LogP contribution in [0, 0.1) is 0 Å². The van der Waals surface area contributed by atoms with Gasteiger partial charge in [0.1, 0.15) is 0 Å². The summed E-state index contributed by atoms with van der Waals surface area (Å²) in [6, 6.07) is 54.3. The molecule has 0 bridgehead atoms. The molecule has 0 N–H and O–H groups in total. The van der Waals surface area contributed by atoms with Crippen molar-refractivity contribution in [2.75, 3.05) is 0 Å². The molecule has 1 heterocycles. The van der Waals surface area contributed by atoms with E-state index < -0.39 is 0 Å². The van der Waals surface area contributed by atoms with Crippen molar-refractivity contribution in [3.8, 4) is 45.3 Å². The topological polar surface area (TPSA) is 38.7 Å². The Balaban J connectivity index is 1.22. The number of nitrogens with zero attached hydrogens (tertiary/aromatic N) is 3. The van der Waals surface area contributed by atoms with Crippen LogP contribution >= 0.6 is 0 Å². The second-order valence-corrected chi connectivity index (χ2v) is 13.6. The van der Waals surface area contributed by atoms with Crippen LogP contribution in [0.4, 0.5) is 0 Å². The van der Waals surface area contributed by atoms with Crippen LogP contribution < -0.4 is 0 Å². The number of hydrogen-bond acceptors (Lipinski definition) is 3. The van der Waals surface area contributed by atoms with E-state index in [1.807, 2.05) is 18.2 Å². The van der Waals surface area contributed by atoms with E-state index >= 15 is 0 Å². The zero-order valence-corrected chi connectivity index (χ0v) is 27.3. The largest absolute Gasteiger partial charge is 0.208 e. The summed E-state index contributed by atoms with van der Waals surface area (Å²) >= 11 is 0. The maximum Gasteiger partial charge on any atom is 0.164 e. The molecular weight excluding hydrogens is 595 g/mol. The fraction of sp³-hybridized carbons (Fsp3) is 0.0652. The Labute approximate surface area is 284 Å². The molecule has 0 saturated carbocycles. The highest BCUT2D eigenvalue weighted by Gasteiger charge is 2.35. The van der Waals surface area contributed by atoms with E-state index in [2.05, 4.69) is 147 Å². The molecule has 0 spiro atoms. The Morgan fingerprint density at radius 1 is 0.367 bits per heavy atom. The van der Waals surface area contributed by atoms with Gasteiger partial charge in [0.25, 0.3) is 0 Å². The van der Waals surface area contributed by atoms with Crippen LogP contribution in [0.5, 0.6) is 0 Å². The number of hydrogen-bond donors (Lipinski definition) is 0. The second kappa shape index (κ2) is 10.4. The van der Waals surface area contributed by atoms with Crippen LogP contribution in [0.1, 0.15) is 25.0 Å². The smallest absolute Gasteiger partial charge is 0.164 e. The monoisotopic (exact) mass is 625 g/mol. The molecule has 49 heavy (non-hydrogen) atoms. The number of fused-ring (bicyclic) bond motifs is 10. The summed E-state index contributed by atoms with van der Waals surface area (Å²) in [5.41, 5.74) is 8.08. The Morgan fingerprint density at radius 2 is 0.959 bits per heavy atom. The highest BCUT2D eigenvalue weighted by Crippen LogP contribution is 2.49. The Kier molecular flexibility index (Phi) is 5.92.